The first kappa shape index (κ1) is 18.1. The Morgan fingerprint density at radius 1 is 1.29 bits per heavy atom. The zero-order valence-corrected chi connectivity index (χ0v) is 15.0. The van der Waals surface area contributed by atoms with Gasteiger partial charge in [-0.3, -0.25) is 0 Å². The average molecular weight is 324 g/mol. The van der Waals surface area contributed by atoms with E-state index in [1.165, 1.54) is 23.2 Å². The van der Waals surface area contributed by atoms with Gasteiger partial charge in [-0.05, 0) is 81.0 Å². The molecular formula is C21H26NO2-. The number of nitrogens with zero attached hydrogens (tertiary/aromatic N) is 1. The molecule has 1 aliphatic heterocycles. The number of carboxylic acid groups (broad SMARTS) is 1. The molecule has 0 aliphatic carbocycles. The number of hydrogen-bond acceptors (Lipinski definition) is 3. The van der Waals surface area contributed by atoms with Gasteiger partial charge in [-0.15, -0.1) is 0 Å². The molecule has 0 saturated heterocycles. The van der Waals surface area contributed by atoms with Crippen molar-refractivity contribution in [2.75, 3.05) is 11.4 Å². The van der Waals surface area contributed by atoms with Gasteiger partial charge in [0, 0.05) is 18.3 Å². The van der Waals surface area contributed by atoms with Gasteiger partial charge < -0.3 is 14.8 Å². The van der Waals surface area contributed by atoms with Gasteiger partial charge in [-0.25, -0.2) is 0 Å². The third kappa shape index (κ3) is 4.60. The summed E-state index contributed by atoms with van der Waals surface area (Å²) in [7, 11) is 0. The van der Waals surface area contributed by atoms with Gasteiger partial charge in [0.2, 0.25) is 0 Å². The van der Waals surface area contributed by atoms with Crippen LogP contribution in [0, 0.1) is 0 Å². The van der Waals surface area contributed by atoms with Crippen molar-refractivity contribution in [3.63, 3.8) is 0 Å². The lowest BCUT2D eigenvalue weighted by Gasteiger charge is -2.35. The van der Waals surface area contributed by atoms with Crippen molar-refractivity contribution < 1.29 is 9.90 Å². The highest BCUT2D eigenvalue weighted by Gasteiger charge is 2.19. The van der Waals surface area contributed by atoms with E-state index in [9.17, 15) is 9.90 Å². The molecule has 2 rings (SSSR count). The van der Waals surface area contributed by atoms with Gasteiger partial charge in [0.15, 0.2) is 0 Å². The minimum absolute atomic E-state index is 0.521. The van der Waals surface area contributed by atoms with Crippen molar-refractivity contribution >= 4 is 17.2 Å². The third-order valence-electron chi connectivity index (χ3n) is 4.36. The molecule has 0 atom stereocenters. The highest BCUT2D eigenvalue weighted by molar-refractivity contribution is 5.79. The second-order valence-corrected chi connectivity index (χ2v) is 6.65. The molecular weight excluding hydrogens is 298 g/mol. The highest BCUT2D eigenvalue weighted by atomic mass is 16.4. The molecule has 0 bridgehead atoms. The van der Waals surface area contributed by atoms with Gasteiger partial charge in [-0.2, -0.15) is 0 Å². The molecule has 3 nitrogen and oxygen atoms in total. The molecule has 3 heteroatoms. The Kier molecular flexibility index (Phi) is 6.02. The second-order valence-electron chi connectivity index (χ2n) is 6.65. The Labute approximate surface area is 145 Å². The smallest absolute Gasteiger partial charge is 0.0645 e. The van der Waals surface area contributed by atoms with Crippen molar-refractivity contribution in [2.45, 2.75) is 46.6 Å². The maximum Gasteiger partial charge on any atom is 0.0645 e. The van der Waals surface area contributed by atoms with Crippen LogP contribution in [0.1, 0.15) is 45.2 Å². The van der Waals surface area contributed by atoms with E-state index in [1.807, 2.05) is 12.2 Å². The monoisotopic (exact) mass is 324 g/mol. The van der Waals surface area contributed by atoms with Crippen LogP contribution < -0.4 is 10.0 Å². The molecule has 1 aromatic rings. The summed E-state index contributed by atoms with van der Waals surface area (Å²) in [4.78, 5) is 13.0. The largest absolute Gasteiger partial charge is 0.545 e. The molecule has 0 saturated carbocycles. The Morgan fingerprint density at radius 2 is 2.04 bits per heavy atom. The minimum Gasteiger partial charge on any atom is -0.545 e. The van der Waals surface area contributed by atoms with Crippen molar-refractivity contribution in [3.05, 3.63) is 59.2 Å². The Balaban J connectivity index is 2.19. The second kappa shape index (κ2) is 8.00. The molecule has 0 unspecified atom stereocenters. The van der Waals surface area contributed by atoms with Gasteiger partial charge >= 0.3 is 0 Å². The van der Waals surface area contributed by atoms with E-state index in [1.54, 1.807) is 13.0 Å². The van der Waals surface area contributed by atoms with E-state index in [4.69, 9.17) is 0 Å². The molecule has 1 aliphatic rings. The van der Waals surface area contributed by atoms with Gasteiger partial charge in [0.05, 0.1) is 5.97 Å². The summed E-state index contributed by atoms with van der Waals surface area (Å²) in [6.07, 6.45) is 9.09. The minimum atomic E-state index is -1.16. The topological polar surface area (TPSA) is 43.4 Å². The van der Waals surface area contributed by atoms with Gasteiger partial charge in [-0.1, -0.05) is 24.3 Å². The third-order valence-corrected chi connectivity index (χ3v) is 4.36. The summed E-state index contributed by atoms with van der Waals surface area (Å²) < 4.78 is 0. The SMILES string of the molecule is CC(/C=C/C=C(\C)c1ccc2c(c1)CCCN2C(C)C)=C\C(=O)[O-]. The number of carbonyl (C=O) groups excluding carboxylic acids is 1. The van der Waals surface area contributed by atoms with Crippen molar-refractivity contribution in [3.8, 4) is 0 Å². The summed E-state index contributed by atoms with van der Waals surface area (Å²) in [5, 5.41) is 10.5. The molecule has 128 valence electrons. The summed E-state index contributed by atoms with van der Waals surface area (Å²) in [5.41, 5.74) is 5.81. The van der Waals surface area contributed by atoms with Gasteiger partial charge in [0.25, 0.3) is 0 Å². The fraction of sp³-hybridized carbons (Fsp3) is 0.381. The summed E-state index contributed by atoms with van der Waals surface area (Å²) in [5.74, 6) is -1.16. The molecule has 0 radical (unpaired) electrons. The fourth-order valence-corrected chi connectivity index (χ4v) is 3.08. The highest BCUT2D eigenvalue weighted by Crippen LogP contribution is 2.31. The van der Waals surface area contributed by atoms with Crippen LogP contribution in [-0.2, 0) is 11.2 Å². The van der Waals surface area contributed by atoms with Crippen LogP contribution in [0.2, 0.25) is 0 Å². The molecule has 0 amide bonds. The first-order valence-corrected chi connectivity index (χ1v) is 8.52. The van der Waals surface area contributed by atoms with E-state index in [0.29, 0.717) is 11.6 Å². The standard InChI is InChI=1S/C21H27NO2/c1-15(2)22-12-6-9-19-14-18(10-11-20(19)22)17(4)8-5-7-16(3)13-21(23)24/h5,7-8,10-11,13-15H,6,9,12H2,1-4H3,(H,23,24)/p-1/b7-5+,16-13+,17-8+. The number of aryl methyl sites for hydroxylation is 1. The molecule has 0 N–H and O–H groups in total. The number of fused-ring (bicyclic) bond motifs is 1. The van der Waals surface area contributed by atoms with Crippen LogP contribution in [0.4, 0.5) is 5.69 Å². The summed E-state index contributed by atoms with van der Waals surface area (Å²) in [6, 6.07) is 7.20. The van der Waals surface area contributed by atoms with E-state index in [-0.39, 0.29) is 0 Å². The predicted molar refractivity (Wildman–Crippen MR) is 98.8 cm³/mol. The number of hydrogen-bond donors (Lipinski definition) is 0. The maximum atomic E-state index is 10.5. The van der Waals surface area contributed by atoms with Crippen molar-refractivity contribution in [1.29, 1.82) is 0 Å². The number of rotatable bonds is 5. The summed E-state index contributed by atoms with van der Waals surface area (Å²) in [6.45, 7) is 9.43. The molecule has 0 spiro atoms. The number of anilines is 1. The van der Waals surface area contributed by atoms with Crippen LogP contribution in [0.15, 0.2) is 48.1 Å². The lowest BCUT2D eigenvalue weighted by Crippen LogP contribution is -2.35. The normalized spacial score (nSPS) is 16.0. The van der Waals surface area contributed by atoms with Crippen LogP contribution >= 0.6 is 0 Å². The molecule has 1 aromatic carbocycles. The average Bonchev–Trinajstić information content (AvgIpc) is 2.52. The van der Waals surface area contributed by atoms with Crippen LogP contribution in [-0.4, -0.2) is 18.6 Å². The Bertz CT molecular complexity index is 696. The number of aliphatic carboxylic acids is 1. The lowest BCUT2D eigenvalue weighted by atomic mass is 9.95. The van der Waals surface area contributed by atoms with E-state index >= 15 is 0 Å². The zero-order chi connectivity index (χ0) is 17.7. The van der Waals surface area contributed by atoms with Crippen LogP contribution in [0.5, 0.6) is 0 Å². The Hall–Kier alpha value is -2.29. The zero-order valence-electron chi connectivity index (χ0n) is 15.0. The van der Waals surface area contributed by atoms with Crippen molar-refractivity contribution in [1.82, 2.24) is 0 Å². The first-order chi connectivity index (χ1) is 11.4. The fourth-order valence-electron chi connectivity index (χ4n) is 3.08. The predicted octanol–water partition coefficient (Wildman–Crippen LogP) is 3.50. The molecule has 0 fully saturated rings. The molecule has 24 heavy (non-hydrogen) atoms. The van der Waals surface area contributed by atoms with Crippen molar-refractivity contribution in [2.24, 2.45) is 0 Å². The van der Waals surface area contributed by atoms with Crippen LogP contribution in [0.25, 0.3) is 5.57 Å². The van der Waals surface area contributed by atoms with E-state index in [0.717, 1.165) is 24.6 Å². The van der Waals surface area contributed by atoms with E-state index in [2.05, 4.69) is 43.9 Å². The van der Waals surface area contributed by atoms with Crippen LogP contribution in [0.3, 0.4) is 0 Å². The number of carbonyl (C=O) groups is 1. The Morgan fingerprint density at radius 3 is 2.71 bits per heavy atom. The number of benzene rings is 1. The first-order valence-electron chi connectivity index (χ1n) is 8.52. The quantitative estimate of drug-likeness (QED) is 0.615. The molecule has 0 aromatic heterocycles. The maximum absolute atomic E-state index is 10.5. The lowest BCUT2D eigenvalue weighted by molar-refractivity contribution is -0.297. The number of carboxylic acids is 1. The summed E-state index contributed by atoms with van der Waals surface area (Å²) >= 11 is 0. The molecule has 1 heterocycles. The van der Waals surface area contributed by atoms with Gasteiger partial charge in [0.1, 0.15) is 0 Å². The number of allylic oxidation sites excluding steroid dienone is 5. The van der Waals surface area contributed by atoms with E-state index < -0.39 is 5.97 Å².